The average molecular weight is 492 g/mol. The Labute approximate surface area is 175 Å². The van der Waals surface area contributed by atoms with E-state index >= 15 is 0 Å². The van der Waals surface area contributed by atoms with Crippen LogP contribution in [0, 0.1) is 5.82 Å². The highest BCUT2D eigenvalue weighted by Gasteiger charge is 2.30. The molecule has 1 aromatic rings. The van der Waals surface area contributed by atoms with Crippen LogP contribution in [0.2, 0.25) is 0 Å². The second-order valence-corrected chi connectivity index (χ2v) is 6.50. The third-order valence-corrected chi connectivity index (χ3v) is 4.77. The first-order valence-electron chi connectivity index (χ1n) is 8.92. The van der Waals surface area contributed by atoms with Crippen molar-refractivity contribution in [3.63, 3.8) is 0 Å². The van der Waals surface area contributed by atoms with Crippen LogP contribution >= 0.6 is 24.0 Å². The number of hydrogen-bond acceptors (Lipinski definition) is 4. The molecule has 0 aromatic heterocycles. The summed E-state index contributed by atoms with van der Waals surface area (Å²) >= 11 is 0. The Bertz CT molecular complexity index is 675. The highest BCUT2D eigenvalue weighted by Crippen LogP contribution is 2.17. The van der Waals surface area contributed by atoms with Crippen molar-refractivity contribution >= 4 is 35.8 Å². The lowest BCUT2D eigenvalue weighted by molar-refractivity contribution is -0.142. The van der Waals surface area contributed by atoms with Crippen LogP contribution in [0.15, 0.2) is 23.2 Å². The predicted molar refractivity (Wildman–Crippen MR) is 111 cm³/mol. The quantitative estimate of drug-likeness (QED) is 0.381. The van der Waals surface area contributed by atoms with Crippen molar-refractivity contribution in [3.8, 4) is 5.75 Å². The van der Waals surface area contributed by atoms with Gasteiger partial charge >= 0.3 is 0 Å². The molecule has 0 saturated carbocycles. The molecule has 7 nitrogen and oxygen atoms in total. The molecule has 1 atom stereocenters. The van der Waals surface area contributed by atoms with Gasteiger partial charge in [-0.1, -0.05) is 6.07 Å². The molecule has 2 saturated heterocycles. The van der Waals surface area contributed by atoms with Gasteiger partial charge in [-0.05, 0) is 30.5 Å². The number of guanidine groups is 1. The van der Waals surface area contributed by atoms with E-state index in [4.69, 9.17) is 4.74 Å². The standard InChI is InChI=1S/C18H25FN4O3.HI/c1-20-18(21-12-13-4-5-15(24)14(19)11-13)23-8-6-22(7-9-23)17(25)16-3-2-10-26-16;/h4-5,11,16,24H,2-3,6-10,12H2,1H3,(H,20,21);1H. The molecule has 27 heavy (non-hydrogen) atoms. The second kappa shape index (κ2) is 10.1. The van der Waals surface area contributed by atoms with E-state index in [1.165, 1.54) is 12.1 Å². The van der Waals surface area contributed by atoms with Crippen LogP contribution in [0.5, 0.6) is 5.75 Å². The molecule has 9 heteroatoms. The highest BCUT2D eigenvalue weighted by atomic mass is 127. The van der Waals surface area contributed by atoms with Gasteiger partial charge in [0.25, 0.3) is 5.91 Å². The molecule has 2 aliphatic rings. The molecule has 0 bridgehead atoms. The number of benzene rings is 1. The van der Waals surface area contributed by atoms with Crippen LogP contribution in [0.4, 0.5) is 4.39 Å². The van der Waals surface area contributed by atoms with Gasteiger partial charge in [0.15, 0.2) is 17.5 Å². The number of phenolic OH excluding ortho intramolecular Hbond substituents is 1. The number of hydrogen-bond donors (Lipinski definition) is 2. The van der Waals surface area contributed by atoms with Crippen LogP contribution in [-0.2, 0) is 16.1 Å². The first-order valence-corrected chi connectivity index (χ1v) is 8.92. The van der Waals surface area contributed by atoms with Crippen LogP contribution in [0.25, 0.3) is 0 Å². The third kappa shape index (κ3) is 5.44. The second-order valence-electron chi connectivity index (χ2n) is 6.50. The van der Waals surface area contributed by atoms with Crippen molar-refractivity contribution in [1.82, 2.24) is 15.1 Å². The van der Waals surface area contributed by atoms with Crippen molar-refractivity contribution in [2.75, 3.05) is 39.8 Å². The Morgan fingerprint density at radius 1 is 1.33 bits per heavy atom. The zero-order chi connectivity index (χ0) is 18.5. The largest absolute Gasteiger partial charge is 0.505 e. The monoisotopic (exact) mass is 492 g/mol. The lowest BCUT2D eigenvalue weighted by atomic mass is 10.2. The third-order valence-electron chi connectivity index (χ3n) is 4.77. The van der Waals surface area contributed by atoms with Gasteiger partial charge in [-0.2, -0.15) is 0 Å². The van der Waals surface area contributed by atoms with E-state index in [0.717, 1.165) is 12.8 Å². The summed E-state index contributed by atoms with van der Waals surface area (Å²) in [6.45, 7) is 3.70. The van der Waals surface area contributed by atoms with Gasteiger partial charge in [-0.25, -0.2) is 4.39 Å². The van der Waals surface area contributed by atoms with E-state index in [-0.39, 0.29) is 41.7 Å². The molecule has 3 rings (SSSR count). The Balaban J connectivity index is 0.00000261. The summed E-state index contributed by atoms with van der Waals surface area (Å²) in [7, 11) is 1.70. The first-order chi connectivity index (χ1) is 12.6. The lowest BCUT2D eigenvalue weighted by Gasteiger charge is -2.37. The van der Waals surface area contributed by atoms with E-state index in [9.17, 15) is 14.3 Å². The van der Waals surface area contributed by atoms with E-state index in [2.05, 4.69) is 15.2 Å². The number of rotatable bonds is 3. The maximum atomic E-state index is 13.4. The maximum Gasteiger partial charge on any atom is 0.251 e. The SMILES string of the molecule is CN=C(NCc1ccc(O)c(F)c1)N1CCN(C(=O)C2CCCO2)CC1.I. The number of phenols is 1. The van der Waals surface area contributed by atoms with Gasteiger partial charge in [-0.15, -0.1) is 24.0 Å². The molecule has 0 aliphatic carbocycles. The highest BCUT2D eigenvalue weighted by molar-refractivity contribution is 14.0. The molecule has 2 aliphatic heterocycles. The Morgan fingerprint density at radius 3 is 2.63 bits per heavy atom. The average Bonchev–Trinajstić information content (AvgIpc) is 3.20. The molecule has 2 heterocycles. The van der Waals surface area contributed by atoms with Gasteiger partial charge < -0.3 is 25.0 Å². The summed E-state index contributed by atoms with van der Waals surface area (Å²) in [4.78, 5) is 20.6. The zero-order valence-corrected chi connectivity index (χ0v) is 17.7. The number of amides is 1. The van der Waals surface area contributed by atoms with Crippen LogP contribution < -0.4 is 5.32 Å². The van der Waals surface area contributed by atoms with Crippen molar-refractivity contribution in [2.45, 2.75) is 25.5 Å². The normalized spacial score (nSPS) is 20.4. The fourth-order valence-electron chi connectivity index (χ4n) is 3.29. The van der Waals surface area contributed by atoms with Crippen molar-refractivity contribution < 1.29 is 19.0 Å². The number of nitrogens with one attached hydrogen (secondary N) is 1. The maximum absolute atomic E-state index is 13.4. The number of carbonyl (C=O) groups excluding carboxylic acids is 1. The summed E-state index contributed by atoms with van der Waals surface area (Å²) in [6.07, 6.45) is 1.49. The number of ether oxygens (including phenoxy) is 1. The first kappa shape index (κ1) is 21.7. The van der Waals surface area contributed by atoms with Crippen molar-refractivity contribution in [3.05, 3.63) is 29.6 Å². The Morgan fingerprint density at radius 2 is 2.04 bits per heavy atom. The smallest absolute Gasteiger partial charge is 0.251 e. The summed E-state index contributed by atoms with van der Waals surface area (Å²) in [5, 5.41) is 12.5. The van der Waals surface area contributed by atoms with Gasteiger partial charge in [0.2, 0.25) is 0 Å². The minimum atomic E-state index is -0.638. The minimum Gasteiger partial charge on any atom is -0.505 e. The Hall–Kier alpha value is -1.62. The summed E-state index contributed by atoms with van der Waals surface area (Å²) in [5.74, 6) is -0.196. The molecule has 1 amide bonds. The van der Waals surface area contributed by atoms with Gasteiger partial charge in [0, 0.05) is 46.4 Å². The number of piperazine rings is 1. The molecule has 1 unspecified atom stereocenters. The molecule has 1 aromatic carbocycles. The number of nitrogens with zero attached hydrogens (tertiary/aromatic N) is 3. The fourth-order valence-corrected chi connectivity index (χ4v) is 3.29. The molecular formula is C18H26FIN4O3. The minimum absolute atomic E-state index is 0. The van der Waals surface area contributed by atoms with Gasteiger partial charge in [0.1, 0.15) is 6.10 Å². The van der Waals surface area contributed by atoms with Crippen molar-refractivity contribution in [2.24, 2.45) is 4.99 Å². The van der Waals surface area contributed by atoms with E-state index < -0.39 is 5.82 Å². The van der Waals surface area contributed by atoms with Crippen LogP contribution in [0.3, 0.4) is 0 Å². The summed E-state index contributed by atoms with van der Waals surface area (Å²) < 4.78 is 18.9. The molecule has 150 valence electrons. The number of aromatic hydroxyl groups is 1. The lowest BCUT2D eigenvalue weighted by Crippen LogP contribution is -2.55. The predicted octanol–water partition coefficient (Wildman–Crippen LogP) is 1.55. The van der Waals surface area contributed by atoms with Crippen LogP contribution in [-0.4, -0.2) is 72.7 Å². The molecule has 0 radical (unpaired) electrons. The fraction of sp³-hybridized carbons (Fsp3) is 0.556. The summed E-state index contributed by atoms with van der Waals surface area (Å²) in [6, 6.07) is 4.30. The van der Waals surface area contributed by atoms with Gasteiger partial charge in [-0.3, -0.25) is 9.79 Å². The van der Waals surface area contributed by atoms with E-state index in [0.29, 0.717) is 50.9 Å². The Kier molecular flexibility index (Phi) is 8.08. The summed E-state index contributed by atoms with van der Waals surface area (Å²) in [5.41, 5.74) is 0.716. The van der Waals surface area contributed by atoms with E-state index in [1.54, 1.807) is 13.1 Å². The number of halogens is 2. The van der Waals surface area contributed by atoms with Gasteiger partial charge in [0.05, 0.1) is 0 Å². The molecule has 0 spiro atoms. The topological polar surface area (TPSA) is 77.4 Å². The molecule has 2 fully saturated rings. The number of aliphatic imine (C=N–C) groups is 1. The van der Waals surface area contributed by atoms with E-state index in [1.807, 2.05) is 4.90 Å². The molecular weight excluding hydrogens is 466 g/mol. The van der Waals surface area contributed by atoms with Crippen molar-refractivity contribution in [1.29, 1.82) is 0 Å². The van der Waals surface area contributed by atoms with Crippen LogP contribution in [0.1, 0.15) is 18.4 Å². The molecule has 2 N–H and O–H groups in total. The number of carbonyl (C=O) groups is 1. The zero-order valence-electron chi connectivity index (χ0n) is 15.4.